The number of aromatic hydroxyl groups is 1. The molecule has 2 aromatic carbocycles. The Bertz CT molecular complexity index is 962. The van der Waals surface area contributed by atoms with E-state index in [1.54, 1.807) is 12.1 Å². The van der Waals surface area contributed by atoms with E-state index in [2.05, 4.69) is 0 Å². The number of anilines is 1. The minimum Gasteiger partial charge on any atom is -0.504 e. The van der Waals surface area contributed by atoms with E-state index in [1.165, 1.54) is 12.1 Å². The summed E-state index contributed by atoms with van der Waals surface area (Å²) < 4.78 is 31.6. The number of phenolic OH excluding ortho intramolecular Hbond substituents is 1. The fourth-order valence-corrected chi connectivity index (χ4v) is 3.07. The molecule has 0 atom stereocenters. The molecule has 0 radical (unpaired) electrons. The molecule has 0 bridgehead atoms. The van der Waals surface area contributed by atoms with Gasteiger partial charge in [0.15, 0.2) is 17.3 Å². The van der Waals surface area contributed by atoms with E-state index in [1.807, 2.05) is 0 Å². The van der Waals surface area contributed by atoms with Crippen molar-refractivity contribution in [3.63, 3.8) is 0 Å². The van der Waals surface area contributed by atoms with Gasteiger partial charge in [0.05, 0.1) is 11.3 Å². The van der Waals surface area contributed by atoms with Crippen molar-refractivity contribution in [2.45, 2.75) is 4.90 Å². The number of hydrogen-bond donors (Lipinski definition) is 3. The van der Waals surface area contributed by atoms with E-state index in [-0.39, 0.29) is 22.3 Å². The molecular weight excluding hydrogens is 310 g/mol. The maximum Gasteiger partial charge on any atom is 0.298 e. The molecule has 8 heteroatoms. The van der Waals surface area contributed by atoms with Gasteiger partial charge in [-0.3, -0.25) is 14.1 Å². The molecule has 112 valence electrons. The van der Waals surface area contributed by atoms with E-state index in [0.717, 1.165) is 6.07 Å². The largest absolute Gasteiger partial charge is 0.504 e. The Morgan fingerprint density at radius 3 is 2.05 bits per heavy atom. The summed E-state index contributed by atoms with van der Waals surface area (Å²) in [5.41, 5.74) is 4.73. The standard InChI is InChI=1S/C14H9NO6S/c15-11-10-8(5-9(14(11)18)22(19,20)21)12(16)6-3-1-2-4-7(6)13(10)17/h1-5,18H,15H2,(H,19,20,21). The Balaban J connectivity index is 2.42. The van der Waals surface area contributed by atoms with Crippen molar-refractivity contribution < 1.29 is 27.7 Å². The Kier molecular flexibility index (Phi) is 2.84. The number of carbonyl (C=O) groups excluding carboxylic acids is 2. The van der Waals surface area contributed by atoms with Crippen LogP contribution in [0, 0.1) is 0 Å². The second-order valence-electron chi connectivity index (χ2n) is 4.74. The third kappa shape index (κ3) is 1.81. The molecule has 0 amide bonds. The van der Waals surface area contributed by atoms with E-state index < -0.39 is 38.0 Å². The predicted molar refractivity (Wildman–Crippen MR) is 75.6 cm³/mol. The molecule has 0 aliphatic heterocycles. The summed E-state index contributed by atoms with van der Waals surface area (Å²) in [7, 11) is -4.80. The number of carbonyl (C=O) groups is 2. The summed E-state index contributed by atoms with van der Waals surface area (Å²) in [5.74, 6) is -2.16. The SMILES string of the molecule is Nc1c(O)c(S(=O)(=O)O)cc2c1C(=O)c1ccccc1C2=O. The van der Waals surface area contributed by atoms with Crippen LogP contribution in [0.25, 0.3) is 0 Å². The topological polar surface area (TPSA) is 135 Å². The van der Waals surface area contributed by atoms with Crippen molar-refractivity contribution in [2.75, 3.05) is 5.73 Å². The van der Waals surface area contributed by atoms with Gasteiger partial charge in [0.2, 0.25) is 0 Å². The molecule has 3 rings (SSSR count). The van der Waals surface area contributed by atoms with Crippen molar-refractivity contribution in [2.24, 2.45) is 0 Å². The summed E-state index contributed by atoms with van der Waals surface area (Å²) >= 11 is 0. The van der Waals surface area contributed by atoms with Gasteiger partial charge in [-0.15, -0.1) is 0 Å². The lowest BCUT2D eigenvalue weighted by Gasteiger charge is -2.20. The molecule has 0 fully saturated rings. The minimum atomic E-state index is -4.80. The van der Waals surface area contributed by atoms with Gasteiger partial charge in [-0.05, 0) is 6.07 Å². The van der Waals surface area contributed by atoms with E-state index in [0.29, 0.717) is 0 Å². The zero-order chi connectivity index (χ0) is 16.2. The molecule has 4 N–H and O–H groups in total. The van der Waals surface area contributed by atoms with E-state index in [4.69, 9.17) is 10.3 Å². The smallest absolute Gasteiger partial charge is 0.298 e. The molecular formula is C14H9NO6S. The van der Waals surface area contributed by atoms with Gasteiger partial charge >= 0.3 is 0 Å². The zero-order valence-electron chi connectivity index (χ0n) is 10.9. The second-order valence-corrected chi connectivity index (χ2v) is 6.13. The van der Waals surface area contributed by atoms with Crippen LogP contribution in [-0.2, 0) is 10.1 Å². The summed E-state index contributed by atoms with van der Waals surface area (Å²) in [4.78, 5) is 23.9. The first-order valence-electron chi connectivity index (χ1n) is 6.05. The highest BCUT2D eigenvalue weighted by atomic mass is 32.2. The van der Waals surface area contributed by atoms with Crippen molar-refractivity contribution in [1.29, 1.82) is 0 Å². The number of phenols is 1. The Hall–Kier alpha value is -2.71. The number of nitrogen functional groups attached to an aromatic ring is 1. The Labute approximate surface area is 124 Å². The quantitative estimate of drug-likeness (QED) is 0.346. The van der Waals surface area contributed by atoms with Crippen molar-refractivity contribution >= 4 is 27.4 Å². The maximum absolute atomic E-state index is 12.4. The van der Waals surface area contributed by atoms with Gasteiger partial charge in [0.1, 0.15) is 4.90 Å². The highest BCUT2D eigenvalue weighted by Crippen LogP contribution is 2.39. The molecule has 0 heterocycles. The van der Waals surface area contributed by atoms with Crippen molar-refractivity contribution in [3.05, 3.63) is 52.6 Å². The highest BCUT2D eigenvalue weighted by molar-refractivity contribution is 7.86. The molecule has 0 unspecified atom stereocenters. The molecule has 2 aromatic rings. The molecule has 22 heavy (non-hydrogen) atoms. The normalized spacial score (nSPS) is 13.7. The minimum absolute atomic E-state index is 0.103. The van der Waals surface area contributed by atoms with E-state index >= 15 is 0 Å². The van der Waals surface area contributed by atoms with Crippen LogP contribution < -0.4 is 5.73 Å². The maximum atomic E-state index is 12.4. The van der Waals surface area contributed by atoms with Gasteiger partial charge in [-0.1, -0.05) is 24.3 Å². The number of fused-ring (bicyclic) bond motifs is 2. The van der Waals surface area contributed by atoms with Crippen LogP contribution in [0.15, 0.2) is 35.2 Å². The first-order valence-corrected chi connectivity index (χ1v) is 7.49. The van der Waals surface area contributed by atoms with Crippen molar-refractivity contribution in [3.8, 4) is 5.75 Å². The third-order valence-corrected chi connectivity index (χ3v) is 4.34. The zero-order valence-corrected chi connectivity index (χ0v) is 11.7. The van der Waals surface area contributed by atoms with Crippen LogP contribution in [0.3, 0.4) is 0 Å². The van der Waals surface area contributed by atoms with Crippen LogP contribution in [-0.4, -0.2) is 29.6 Å². The summed E-state index contributed by atoms with van der Waals surface area (Å²) in [6, 6.07) is 6.74. The van der Waals surface area contributed by atoms with Crippen LogP contribution in [0.1, 0.15) is 31.8 Å². The lowest BCUT2D eigenvalue weighted by atomic mass is 9.83. The lowest BCUT2D eigenvalue weighted by Crippen LogP contribution is -2.23. The number of rotatable bonds is 1. The van der Waals surface area contributed by atoms with E-state index in [9.17, 15) is 23.1 Å². The van der Waals surface area contributed by atoms with Crippen LogP contribution in [0.5, 0.6) is 5.75 Å². The molecule has 0 saturated heterocycles. The number of benzene rings is 2. The summed E-state index contributed by atoms with van der Waals surface area (Å²) in [5, 5.41) is 9.81. The van der Waals surface area contributed by atoms with Gasteiger partial charge in [0, 0.05) is 16.7 Å². The van der Waals surface area contributed by atoms with Crippen LogP contribution in [0.2, 0.25) is 0 Å². The van der Waals surface area contributed by atoms with Gasteiger partial charge in [-0.2, -0.15) is 8.42 Å². The van der Waals surface area contributed by atoms with Gasteiger partial charge in [-0.25, -0.2) is 0 Å². The molecule has 0 spiro atoms. The Morgan fingerprint density at radius 1 is 0.955 bits per heavy atom. The third-order valence-electron chi connectivity index (χ3n) is 3.47. The summed E-state index contributed by atoms with van der Waals surface area (Å²) in [6.07, 6.45) is 0. The molecule has 1 aliphatic rings. The fourth-order valence-electron chi connectivity index (χ4n) is 2.45. The fraction of sp³-hybridized carbons (Fsp3) is 0. The Morgan fingerprint density at radius 2 is 1.50 bits per heavy atom. The first-order chi connectivity index (χ1) is 10.2. The number of ketones is 2. The average molecular weight is 319 g/mol. The predicted octanol–water partition coefficient (Wildman–Crippen LogP) is 0.997. The van der Waals surface area contributed by atoms with Gasteiger partial charge < -0.3 is 10.8 Å². The van der Waals surface area contributed by atoms with Crippen molar-refractivity contribution in [1.82, 2.24) is 0 Å². The lowest BCUT2D eigenvalue weighted by molar-refractivity contribution is 0.0979. The number of hydrogen-bond acceptors (Lipinski definition) is 6. The van der Waals surface area contributed by atoms with Crippen LogP contribution >= 0.6 is 0 Å². The monoisotopic (exact) mass is 319 g/mol. The summed E-state index contributed by atoms with van der Waals surface area (Å²) in [6.45, 7) is 0. The van der Waals surface area contributed by atoms with Crippen LogP contribution in [0.4, 0.5) is 5.69 Å². The number of nitrogens with two attached hydrogens (primary N) is 1. The molecule has 1 aliphatic carbocycles. The van der Waals surface area contributed by atoms with Gasteiger partial charge in [0.25, 0.3) is 10.1 Å². The average Bonchev–Trinajstić information content (AvgIpc) is 2.46. The molecule has 0 aromatic heterocycles. The highest BCUT2D eigenvalue weighted by Gasteiger charge is 2.35. The molecule has 7 nitrogen and oxygen atoms in total. The second kappa shape index (κ2) is 4.39. The first kappa shape index (κ1) is 14.2. The molecule has 0 saturated carbocycles.